The first kappa shape index (κ1) is 12.2. The summed E-state index contributed by atoms with van der Waals surface area (Å²) in [5.74, 6) is 0. The number of pyridine rings is 1. The molecule has 2 heterocycles. The van der Waals surface area contributed by atoms with Crippen molar-refractivity contribution < 1.29 is 0 Å². The van der Waals surface area contributed by atoms with Crippen LogP contribution in [0.15, 0.2) is 48.8 Å². The van der Waals surface area contributed by atoms with Crippen molar-refractivity contribution in [2.45, 2.75) is 13.0 Å². The van der Waals surface area contributed by atoms with Gasteiger partial charge in [-0.05, 0) is 36.2 Å². The van der Waals surface area contributed by atoms with E-state index in [0.29, 0.717) is 0 Å². The lowest BCUT2D eigenvalue weighted by Crippen LogP contribution is -2.11. The molecule has 0 aliphatic rings. The number of rotatable bonds is 2. The molecule has 0 spiro atoms. The molecule has 0 radical (unpaired) electrons. The predicted molar refractivity (Wildman–Crippen MR) is 77.4 cm³/mol. The van der Waals surface area contributed by atoms with E-state index in [2.05, 4.69) is 5.10 Å². The highest BCUT2D eigenvalue weighted by Crippen LogP contribution is 2.26. The van der Waals surface area contributed by atoms with Crippen molar-refractivity contribution in [2.24, 2.45) is 5.73 Å². The molecule has 96 valence electrons. The summed E-state index contributed by atoms with van der Waals surface area (Å²) in [7, 11) is 0. The van der Waals surface area contributed by atoms with Gasteiger partial charge < -0.3 is 5.73 Å². The molecule has 0 bridgehead atoms. The third-order valence-electron chi connectivity index (χ3n) is 3.35. The van der Waals surface area contributed by atoms with Crippen molar-refractivity contribution in [3.63, 3.8) is 0 Å². The molecule has 19 heavy (non-hydrogen) atoms. The molecule has 0 amide bonds. The van der Waals surface area contributed by atoms with Crippen LogP contribution in [-0.2, 0) is 0 Å². The fourth-order valence-electron chi connectivity index (χ4n) is 2.18. The van der Waals surface area contributed by atoms with E-state index < -0.39 is 0 Å². The van der Waals surface area contributed by atoms with E-state index in [1.54, 1.807) is 0 Å². The van der Waals surface area contributed by atoms with Crippen molar-refractivity contribution in [3.8, 4) is 0 Å². The second-order valence-electron chi connectivity index (χ2n) is 4.62. The first-order valence-electron chi connectivity index (χ1n) is 6.11. The number of aryl methyl sites for hydroxylation is 1. The molecule has 0 aliphatic carbocycles. The van der Waals surface area contributed by atoms with Crippen LogP contribution in [-0.4, -0.2) is 9.61 Å². The number of halogens is 1. The van der Waals surface area contributed by atoms with Crippen molar-refractivity contribution in [1.82, 2.24) is 9.61 Å². The van der Waals surface area contributed by atoms with Gasteiger partial charge in [0, 0.05) is 16.8 Å². The fraction of sp³-hybridized carbons (Fsp3) is 0.133. The highest BCUT2D eigenvalue weighted by Gasteiger charge is 2.14. The molecule has 4 heteroatoms. The average Bonchev–Trinajstić information content (AvgIpc) is 2.85. The smallest absolute Gasteiger partial charge is 0.0712 e. The average molecular weight is 272 g/mol. The molecule has 0 aliphatic heterocycles. The molecule has 3 nitrogen and oxygen atoms in total. The molecule has 0 fully saturated rings. The van der Waals surface area contributed by atoms with Gasteiger partial charge >= 0.3 is 0 Å². The maximum atomic E-state index is 6.33. The second-order valence-corrected chi connectivity index (χ2v) is 5.02. The van der Waals surface area contributed by atoms with E-state index in [0.717, 1.165) is 27.2 Å². The molecule has 1 atom stereocenters. The minimum Gasteiger partial charge on any atom is -0.320 e. The van der Waals surface area contributed by atoms with Gasteiger partial charge in [0.2, 0.25) is 0 Å². The Balaban J connectivity index is 2.08. The van der Waals surface area contributed by atoms with Gasteiger partial charge in [0.1, 0.15) is 0 Å². The van der Waals surface area contributed by atoms with E-state index in [4.69, 9.17) is 17.3 Å². The lowest BCUT2D eigenvalue weighted by Gasteiger charge is -2.12. The largest absolute Gasteiger partial charge is 0.320 e. The van der Waals surface area contributed by atoms with Crippen LogP contribution in [0.25, 0.3) is 5.52 Å². The lowest BCUT2D eigenvalue weighted by atomic mass is 10.00. The van der Waals surface area contributed by atoms with Crippen LogP contribution in [0.1, 0.15) is 22.7 Å². The van der Waals surface area contributed by atoms with Gasteiger partial charge in [-0.1, -0.05) is 29.8 Å². The minimum absolute atomic E-state index is 0.224. The lowest BCUT2D eigenvalue weighted by molar-refractivity contribution is 0.879. The zero-order valence-corrected chi connectivity index (χ0v) is 11.3. The van der Waals surface area contributed by atoms with Crippen molar-refractivity contribution in [1.29, 1.82) is 0 Å². The summed E-state index contributed by atoms with van der Waals surface area (Å²) < 4.78 is 1.82. The quantitative estimate of drug-likeness (QED) is 0.777. The summed E-state index contributed by atoms with van der Waals surface area (Å²) in [5, 5.41) is 5.05. The molecule has 2 N–H and O–H groups in total. The van der Waals surface area contributed by atoms with Crippen molar-refractivity contribution in [2.75, 3.05) is 0 Å². The van der Waals surface area contributed by atoms with Gasteiger partial charge in [-0.15, -0.1) is 0 Å². The van der Waals surface area contributed by atoms with Gasteiger partial charge in [-0.25, -0.2) is 4.52 Å². The van der Waals surface area contributed by atoms with E-state index in [9.17, 15) is 0 Å². The van der Waals surface area contributed by atoms with Crippen LogP contribution in [0.2, 0.25) is 5.02 Å². The highest BCUT2D eigenvalue weighted by atomic mass is 35.5. The Labute approximate surface area is 116 Å². The third-order valence-corrected chi connectivity index (χ3v) is 3.75. The topological polar surface area (TPSA) is 43.3 Å². The molecular weight excluding hydrogens is 258 g/mol. The summed E-state index contributed by atoms with van der Waals surface area (Å²) in [4.78, 5) is 0. The number of nitrogens with two attached hydrogens (primary N) is 1. The van der Waals surface area contributed by atoms with E-state index in [1.165, 1.54) is 0 Å². The number of benzene rings is 1. The highest BCUT2D eigenvalue weighted by molar-refractivity contribution is 6.31. The van der Waals surface area contributed by atoms with Gasteiger partial charge in [-0.2, -0.15) is 5.10 Å². The summed E-state index contributed by atoms with van der Waals surface area (Å²) in [5.41, 5.74) is 10.4. The number of aromatic nitrogens is 2. The van der Waals surface area contributed by atoms with E-state index in [1.807, 2.05) is 60.2 Å². The molecule has 3 aromatic rings. The van der Waals surface area contributed by atoms with Crippen LogP contribution >= 0.6 is 11.6 Å². The van der Waals surface area contributed by atoms with Crippen LogP contribution in [0, 0.1) is 6.92 Å². The summed E-state index contributed by atoms with van der Waals surface area (Å²) >= 11 is 6.16. The van der Waals surface area contributed by atoms with Crippen LogP contribution in [0.5, 0.6) is 0 Å². The summed E-state index contributed by atoms with van der Waals surface area (Å²) in [6.07, 6.45) is 3.72. The number of hydrogen-bond acceptors (Lipinski definition) is 2. The summed E-state index contributed by atoms with van der Waals surface area (Å²) in [6.45, 7) is 1.98. The van der Waals surface area contributed by atoms with Gasteiger partial charge in [-0.3, -0.25) is 0 Å². The van der Waals surface area contributed by atoms with Crippen LogP contribution in [0.4, 0.5) is 0 Å². The Morgan fingerprint density at radius 2 is 2.11 bits per heavy atom. The van der Waals surface area contributed by atoms with E-state index in [-0.39, 0.29) is 6.04 Å². The maximum Gasteiger partial charge on any atom is 0.0712 e. The van der Waals surface area contributed by atoms with Crippen molar-refractivity contribution in [3.05, 3.63) is 70.5 Å². The van der Waals surface area contributed by atoms with Crippen molar-refractivity contribution >= 4 is 17.1 Å². The summed E-state index contributed by atoms with van der Waals surface area (Å²) in [6, 6.07) is 11.6. The number of fused-ring (bicyclic) bond motifs is 1. The molecule has 3 rings (SSSR count). The molecule has 0 saturated carbocycles. The first-order chi connectivity index (χ1) is 9.16. The zero-order chi connectivity index (χ0) is 13.4. The Hall–Kier alpha value is -1.84. The fourth-order valence-corrected chi connectivity index (χ4v) is 2.37. The zero-order valence-electron chi connectivity index (χ0n) is 10.5. The molecule has 0 saturated heterocycles. The Kier molecular flexibility index (Phi) is 3.01. The third kappa shape index (κ3) is 2.11. The van der Waals surface area contributed by atoms with Crippen LogP contribution in [0.3, 0.4) is 0 Å². The first-order valence-corrected chi connectivity index (χ1v) is 6.48. The maximum absolute atomic E-state index is 6.33. The molecular formula is C15H14ClN3. The number of nitrogens with zero attached hydrogens (tertiary/aromatic N) is 2. The number of hydrogen-bond donors (Lipinski definition) is 1. The monoisotopic (exact) mass is 271 g/mol. The SMILES string of the molecule is Cc1ccc(C(N)c2cnn3ccccc23)cc1Cl. The Morgan fingerprint density at radius 1 is 1.26 bits per heavy atom. The van der Waals surface area contributed by atoms with E-state index >= 15 is 0 Å². The predicted octanol–water partition coefficient (Wildman–Crippen LogP) is 3.34. The molecule has 1 unspecified atom stereocenters. The minimum atomic E-state index is -0.224. The molecule has 2 aromatic heterocycles. The standard InChI is InChI=1S/C15H14ClN3/c1-10-5-6-11(8-13(10)16)15(17)12-9-18-19-7-3-2-4-14(12)19/h2-9,15H,17H2,1H3. The van der Waals surface area contributed by atoms with Gasteiger partial charge in [0.15, 0.2) is 0 Å². The van der Waals surface area contributed by atoms with Crippen LogP contribution < -0.4 is 5.73 Å². The van der Waals surface area contributed by atoms with Gasteiger partial charge in [0.25, 0.3) is 0 Å². The Bertz CT molecular complexity index is 733. The Morgan fingerprint density at radius 3 is 2.89 bits per heavy atom. The normalized spacial score (nSPS) is 12.8. The second kappa shape index (κ2) is 4.68. The van der Waals surface area contributed by atoms with Gasteiger partial charge in [0.05, 0.1) is 17.8 Å². The molecule has 1 aromatic carbocycles.